The van der Waals surface area contributed by atoms with Crippen molar-refractivity contribution in [2.75, 3.05) is 39.3 Å². The molecule has 1 aliphatic heterocycles. The van der Waals surface area contributed by atoms with Gasteiger partial charge in [-0.1, -0.05) is 12.8 Å². The molecule has 2 saturated carbocycles. The fourth-order valence-corrected chi connectivity index (χ4v) is 3.84. The number of nitrogens with zero attached hydrogens (tertiary/aromatic N) is 3. The second-order valence-corrected chi connectivity index (χ2v) is 9.37. The van der Waals surface area contributed by atoms with Crippen LogP contribution in [-0.2, 0) is 14.3 Å². The molecule has 3 aliphatic rings. The van der Waals surface area contributed by atoms with E-state index in [2.05, 4.69) is 0 Å². The van der Waals surface area contributed by atoms with E-state index in [-0.39, 0.29) is 29.7 Å². The molecular formula is C21H35N3O4. The zero-order valence-electron chi connectivity index (χ0n) is 17.6. The van der Waals surface area contributed by atoms with Gasteiger partial charge in [0, 0.05) is 51.1 Å². The van der Waals surface area contributed by atoms with Crippen LogP contribution < -0.4 is 0 Å². The van der Waals surface area contributed by atoms with Gasteiger partial charge in [0.15, 0.2) is 0 Å². The highest BCUT2D eigenvalue weighted by molar-refractivity contribution is 5.81. The molecule has 28 heavy (non-hydrogen) atoms. The quantitative estimate of drug-likeness (QED) is 0.723. The summed E-state index contributed by atoms with van der Waals surface area (Å²) in [6.45, 7) is 8.53. The van der Waals surface area contributed by atoms with Crippen LogP contribution in [0.5, 0.6) is 0 Å². The van der Waals surface area contributed by atoms with Crippen molar-refractivity contribution in [3.8, 4) is 0 Å². The van der Waals surface area contributed by atoms with E-state index in [4.69, 9.17) is 4.74 Å². The number of carbonyl (C=O) groups excluding carboxylic acids is 3. The molecule has 0 aromatic heterocycles. The summed E-state index contributed by atoms with van der Waals surface area (Å²) in [7, 11) is 0. The van der Waals surface area contributed by atoms with E-state index in [9.17, 15) is 14.4 Å². The molecule has 3 amide bonds. The van der Waals surface area contributed by atoms with E-state index >= 15 is 0 Å². The van der Waals surface area contributed by atoms with Crippen LogP contribution in [0.25, 0.3) is 0 Å². The molecule has 7 nitrogen and oxygen atoms in total. The van der Waals surface area contributed by atoms with Crippen LogP contribution in [0, 0.1) is 11.8 Å². The van der Waals surface area contributed by atoms with Crippen LogP contribution in [-0.4, -0.2) is 77.5 Å². The highest BCUT2D eigenvalue weighted by Gasteiger charge is 2.34. The lowest BCUT2D eigenvalue weighted by atomic mass is 9.84. The van der Waals surface area contributed by atoms with E-state index in [1.807, 2.05) is 30.6 Å². The first-order valence-electron chi connectivity index (χ1n) is 10.8. The third-order valence-corrected chi connectivity index (χ3v) is 6.10. The van der Waals surface area contributed by atoms with Gasteiger partial charge < -0.3 is 19.4 Å². The SMILES string of the molecule is CC(C)(C)OC(=O)N1CCN(C(=O)C2CCC2)CCN(C(=O)C2CCC2)CC1. The van der Waals surface area contributed by atoms with E-state index < -0.39 is 5.60 Å². The van der Waals surface area contributed by atoms with Gasteiger partial charge in [-0.2, -0.15) is 0 Å². The summed E-state index contributed by atoms with van der Waals surface area (Å²) in [5.74, 6) is 0.583. The van der Waals surface area contributed by atoms with Crippen molar-refractivity contribution in [2.45, 2.75) is 64.9 Å². The van der Waals surface area contributed by atoms with Crippen molar-refractivity contribution in [1.29, 1.82) is 0 Å². The Morgan fingerprint density at radius 1 is 0.679 bits per heavy atom. The van der Waals surface area contributed by atoms with Gasteiger partial charge in [-0.15, -0.1) is 0 Å². The van der Waals surface area contributed by atoms with Crippen LogP contribution in [0.2, 0.25) is 0 Å². The average Bonchev–Trinajstić information content (AvgIpc) is 2.59. The summed E-state index contributed by atoms with van der Waals surface area (Å²) in [5.41, 5.74) is -0.571. The minimum absolute atomic E-state index is 0.117. The molecular weight excluding hydrogens is 358 g/mol. The van der Waals surface area contributed by atoms with Crippen LogP contribution in [0.3, 0.4) is 0 Å². The Labute approximate surface area is 168 Å². The first-order chi connectivity index (χ1) is 13.2. The lowest BCUT2D eigenvalue weighted by molar-refractivity contribution is -0.141. The lowest BCUT2D eigenvalue weighted by Crippen LogP contribution is -2.46. The molecule has 0 bridgehead atoms. The molecule has 0 aromatic carbocycles. The van der Waals surface area contributed by atoms with Crippen molar-refractivity contribution in [2.24, 2.45) is 11.8 Å². The number of hydrogen-bond acceptors (Lipinski definition) is 4. The Morgan fingerprint density at radius 2 is 1.04 bits per heavy atom. The van der Waals surface area contributed by atoms with Crippen LogP contribution in [0.15, 0.2) is 0 Å². The van der Waals surface area contributed by atoms with Crippen LogP contribution in [0.4, 0.5) is 4.79 Å². The third kappa shape index (κ3) is 5.17. The third-order valence-electron chi connectivity index (χ3n) is 6.10. The second kappa shape index (κ2) is 8.70. The predicted molar refractivity (Wildman–Crippen MR) is 106 cm³/mol. The Kier molecular flexibility index (Phi) is 6.50. The molecule has 3 fully saturated rings. The molecule has 2 aliphatic carbocycles. The van der Waals surface area contributed by atoms with Gasteiger partial charge in [0.25, 0.3) is 0 Å². The molecule has 0 aromatic rings. The van der Waals surface area contributed by atoms with E-state index in [0.717, 1.165) is 38.5 Å². The number of rotatable bonds is 2. The predicted octanol–water partition coefficient (Wildman–Crippen LogP) is 2.49. The maximum atomic E-state index is 12.8. The smallest absolute Gasteiger partial charge is 0.410 e. The fraction of sp³-hybridized carbons (Fsp3) is 0.857. The number of ether oxygens (including phenoxy) is 1. The van der Waals surface area contributed by atoms with Crippen molar-refractivity contribution in [1.82, 2.24) is 14.7 Å². The van der Waals surface area contributed by atoms with Gasteiger partial charge in [0.2, 0.25) is 11.8 Å². The molecule has 0 N–H and O–H groups in total. The summed E-state index contributed by atoms with van der Waals surface area (Å²) in [6.07, 6.45) is 5.67. The average molecular weight is 394 g/mol. The fourth-order valence-electron chi connectivity index (χ4n) is 3.84. The van der Waals surface area contributed by atoms with Crippen molar-refractivity contribution >= 4 is 17.9 Å². The lowest BCUT2D eigenvalue weighted by Gasteiger charge is -2.34. The number of amides is 3. The Morgan fingerprint density at radius 3 is 1.32 bits per heavy atom. The summed E-state index contributed by atoms with van der Waals surface area (Å²) in [4.78, 5) is 43.7. The molecule has 158 valence electrons. The maximum absolute atomic E-state index is 12.8. The van der Waals surface area contributed by atoms with Crippen LogP contribution >= 0.6 is 0 Å². The summed E-state index contributed by atoms with van der Waals surface area (Å²) in [5, 5.41) is 0. The Bertz CT molecular complexity index is 555. The molecule has 1 saturated heterocycles. The molecule has 0 spiro atoms. The van der Waals surface area contributed by atoms with E-state index in [0.29, 0.717) is 39.3 Å². The second-order valence-electron chi connectivity index (χ2n) is 9.37. The number of carbonyl (C=O) groups is 3. The van der Waals surface area contributed by atoms with Crippen molar-refractivity contribution < 1.29 is 19.1 Å². The van der Waals surface area contributed by atoms with Gasteiger partial charge in [0.1, 0.15) is 5.60 Å². The van der Waals surface area contributed by atoms with Gasteiger partial charge in [0.05, 0.1) is 0 Å². The Balaban J connectivity index is 1.70. The van der Waals surface area contributed by atoms with Crippen molar-refractivity contribution in [3.63, 3.8) is 0 Å². The van der Waals surface area contributed by atoms with Crippen LogP contribution in [0.1, 0.15) is 59.3 Å². The van der Waals surface area contributed by atoms with E-state index in [1.165, 1.54) is 0 Å². The van der Waals surface area contributed by atoms with Gasteiger partial charge >= 0.3 is 6.09 Å². The molecule has 0 unspecified atom stereocenters. The maximum Gasteiger partial charge on any atom is 0.410 e. The molecule has 1 heterocycles. The molecule has 0 radical (unpaired) electrons. The van der Waals surface area contributed by atoms with Gasteiger partial charge in [-0.25, -0.2) is 4.79 Å². The highest BCUT2D eigenvalue weighted by Crippen LogP contribution is 2.30. The topological polar surface area (TPSA) is 70.2 Å². The highest BCUT2D eigenvalue weighted by atomic mass is 16.6. The standard InChI is InChI=1S/C21H35N3O4/c1-21(2,3)28-20(27)24-14-12-22(18(25)16-6-4-7-16)10-11-23(13-15-24)19(26)17-8-5-9-17/h16-17H,4-15H2,1-3H3. The summed E-state index contributed by atoms with van der Waals surface area (Å²) < 4.78 is 5.55. The monoisotopic (exact) mass is 393 g/mol. The first-order valence-corrected chi connectivity index (χ1v) is 10.8. The number of hydrogen-bond donors (Lipinski definition) is 0. The Hall–Kier alpha value is -1.79. The summed E-state index contributed by atoms with van der Waals surface area (Å²) >= 11 is 0. The largest absolute Gasteiger partial charge is 0.444 e. The molecule has 0 atom stereocenters. The minimum atomic E-state index is -0.571. The van der Waals surface area contributed by atoms with Gasteiger partial charge in [-0.3, -0.25) is 9.59 Å². The molecule has 3 rings (SSSR count). The zero-order valence-corrected chi connectivity index (χ0v) is 17.6. The minimum Gasteiger partial charge on any atom is -0.444 e. The normalized spacial score (nSPS) is 22.5. The van der Waals surface area contributed by atoms with Gasteiger partial charge in [-0.05, 0) is 46.5 Å². The zero-order chi connectivity index (χ0) is 20.3. The van der Waals surface area contributed by atoms with Crippen molar-refractivity contribution in [3.05, 3.63) is 0 Å². The first kappa shape index (κ1) is 20.9. The summed E-state index contributed by atoms with van der Waals surface area (Å²) in [6, 6.07) is 0. The van der Waals surface area contributed by atoms with E-state index in [1.54, 1.807) is 4.90 Å². The molecule has 7 heteroatoms.